The molecule has 0 bridgehead atoms. The minimum absolute atomic E-state index is 0.737. The molecule has 0 radical (unpaired) electrons. The van der Waals surface area contributed by atoms with Crippen LogP contribution in [0.15, 0.2) is 48.5 Å². The van der Waals surface area contributed by atoms with Crippen molar-refractivity contribution in [2.24, 2.45) is 0 Å². The maximum absolute atomic E-state index is 5.90. The van der Waals surface area contributed by atoms with E-state index in [2.05, 4.69) is 51.1 Å². The van der Waals surface area contributed by atoms with Crippen LogP contribution in [0, 0.1) is 0 Å². The highest BCUT2D eigenvalue weighted by molar-refractivity contribution is 7.56. The van der Waals surface area contributed by atoms with Gasteiger partial charge in [-0.05, 0) is 48.5 Å². The zero-order valence-electron chi connectivity index (χ0n) is 13.7. The van der Waals surface area contributed by atoms with E-state index in [1.165, 1.54) is 5.69 Å². The van der Waals surface area contributed by atoms with Crippen molar-refractivity contribution in [3.63, 3.8) is 0 Å². The van der Waals surface area contributed by atoms with Crippen LogP contribution < -0.4 is 19.4 Å². The van der Waals surface area contributed by atoms with Crippen LogP contribution in [0.4, 0.5) is 17.1 Å². The molecule has 1 fully saturated rings. The molecule has 0 aromatic heterocycles. The molecule has 1 N–H and O–H groups in total. The molecule has 0 aliphatic carbocycles. The summed E-state index contributed by atoms with van der Waals surface area (Å²) in [6.07, 6.45) is 0. The quantitative estimate of drug-likeness (QED) is 0.840. The van der Waals surface area contributed by atoms with E-state index in [0.717, 1.165) is 30.3 Å². The number of hydrogen-bond donors (Lipinski definition) is 1. The van der Waals surface area contributed by atoms with Gasteiger partial charge in [-0.1, -0.05) is 0 Å². The number of nitrogens with one attached hydrogen (secondary N) is 1. The van der Waals surface area contributed by atoms with Crippen LogP contribution in [0.3, 0.4) is 0 Å². The van der Waals surface area contributed by atoms with E-state index >= 15 is 0 Å². The molecule has 1 unspecified atom stereocenters. The van der Waals surface area contributed by atoms with Crippen molar-refractivity contribution in [2.45, 2.75) is 0 Å². The second kappa shape index (κ2) is 7.07. The molecule has 0 saturated carbocycles. The second-order valence-electron chi connectivity index (χ2n) is 5.48. The van der Waals surface area contributed by atoms with Crippen LogP contribution in [-0.4, -0.2) is 34.4 Å². The van der Waals surface area contributed by atoms with Gasteiger partial charge in [0.05, 0.1) is 13.7 Å². The molecule has 1 saturated heterocycles. The lowest BCUT2D eigenvalue weighted by atomic mass is 10.3. The van der Waals surface area contributed by atoms with Gasteiger partial charge in [0.2, 0.25) is 8.45 Å². The minimum atomic E-state index is -0.871. The number of nitrogens with zero attached hydrogens (tertiary/aromatic N) is 2. The molecule has 122 valence electrons. The number of methoxy groups -OCH3 is 1. The van der Waals surface area contributed by atoms with E-state index in [1.807, 2.05) is 26.2 Å². The van der Waals surface area contributed by atoms with Crippen molar-refractivity contribution in [3.8, 4) is 5.75 Å². The van der Waals surface area contributed by atoms with Crippen molar-refractivity contribution >= 4 is 25.5 Å². The van der Waals surface area contributed by atoms with Crippen molar-refractivity contribution in [1.29, 1.82) is 0 Å². The molecule has 1 atom stereocenters. The van der Waals surface area contributed by atoms with Gasteiger partial charge in [-0.15, -0.1) is 0 Å². The summed E-state index contributed by atoms with van der Waals surface area (Å²) in [6, 6.07) is 16.5. The molecule has 2 aromatic carbocycles. The monoisotopic (exact) mass is 331 g/mol. The first-order chi connectivity index (χ1) is 11.2. The standard InChI is InChI=1S/C17H22N3O2P/c1-19(2)15-6-4-14(5-7-15)18-23-20(12-13-22-23)16-8-10-17(21-3)11-9-16/h4-11,18H,12-13H2,1-3H3. The Morgan fingerprint density at radius 2 is 1.78 bits per heavy atom. The topological polar surface area (TPSA) is 37.0 Å². The van der Waals surface area contributed by atoms with Crippen LogP contribution in [0.25, 0.3) is 0 Å². The van der Waals surface area contributed by atoms with Crippen molar-refractivity contribution in [1.82, 2.24) is 0 Å². The third kappa shape index (κ3) is 3.69. The zero-order chi connectivity index (χ0) is 16.2. The van der Waals surface area contributed by atoms with Gasteiger partial charge in [-0.25, -0.2) is 0 Å². The second-order valence-corrected chi connectivity index (χ2v) is 6.99. The highest BCUT2D eigenvalue weighted by Crippen LogP contribution is 2.48. The van der Waals surface area contributed by atoms with Gasteiger partial charge in [-0.3, -0.25) is 0 Å². The van der Waals surface area contributed by atoms with Crippen LogP contribution in [0.1, 0.15) is 0 Å². The molecule has 23 heavy (non-hydrogen) atoms. The highest BCUT2D eigenvalue weighted by Gasteiger charge is 2.27. The Morgan fingerprint density at radius 1 is 1.09 bits per heavy atom. The predicted octanol–water partition coefficient (Wildman–Crippen LogP) is 3.94. The minimum Gasteiger partial charge on any atom is -0.497 e. The van der Waals surface area contributed by atoms with Crippen molar-refractivity contribution < 1.29 is 9.26 Å². The van der Waals surface area contributed by atoms with Crippen molar-refractivity contribution in [3.05, 3.63) is 48.5 Å². The molecule has 1 aliphatic heterocycles. The smallest absolute Gasteiger partial charge is 0.245 e. The third-order valence-corrected chi connectivity index (χ3v) is 5.46. The Labute approximate surface area is 138 Å². The van der Waals surface area contributed by atoms with Gasteiger partial charge in [0.1, 0.15) is 5.75 Å². The average molecular weight is 331 g/mol. The summed E-state index contributed by atoms with van der Waals surface area (Å²) < 4.78 is 13.4. The predicted molar refractivity (Wildman–Crippen MR) is 97.6 cm³/mol. The Kier molecular flexibility index (Phi) is 4.89. The molecule has 1 heterocycles. The summed E-state index contributed by atoms with van der Waals surface area (Å²) in [7, 11) is 4.89. The Bertz CT molecular complexity index is 631. The van der Waals surface area contributed by atoms with Gasteiger partial charge >= 0.3 is 0 Å². The van der Waals surface area contributed by atoms with E-state index in [9.17, 15) is 0 Å². The van der Waals surface area contributed by atoms with E-state index in [4.69, 9.17) is 9.26 Å². The summed E-state index contributed by atoms with van der Waals surface area (Å²) >= 11 is 0. The highest BCUT2D eigenvalue weighted by atomic mass is 31.2. The molecular weight excluding hydrogens is 309 g/mol. The van der Waals surface area contributed by atoms with Gasteiger partial charge in [-0.2, -0.15) is 0 Å². The largest absolute Gasteiger partial charge is 0.497 e. The van der Waals surface area contributed by atoms with Crippen LogP contribution in [0.5, 0.6) is 5.75 Å². The lowest BCUT2D eigenvalue weighted by Gasteiger charge is -2.25. The van der Waals surface area contributed by atoms with Gasteiger partial charge in [0, 0.05) is 37.7 Å². The van der Waals surface area contributed by atoms with Gasteiger partial charge in [0.15, 0.2) is 0 Å². The van der Waals surface area contributed by atoms with Crippen LogP contribution in [0.2, 0.25) is 0 Å². The first-order valence-electron chi connectivity index (χ1n) is 7.56. The Balaban J connectivity index is 1.70. The lowest BCUT2D eigenvalue weighted by Crippen LogP contribution is -2.15. The van der Waals surface area contributed by atoms with Crippen LogP contribution >= 0.6 is 8.45 Å². The maximum atomic E-state index is 5.90. The molecule has 5 nitrogen and oxygen atoms in total. The Morgan fingerprint density at radius 3 is 2.39 bits per heavy atom. The molecular formula is C17H22N3O2P. The number of anilines is 3. The van der Waals surface area contributed by atoms with Crippen LogP contribution in [-0.2, 0) is 4.52 Å². The van der Waals surface area contributed by atoms with Crippen molar-refractivity contribution in [2.75, 3.05) is 49.0 Å². The summed E-state index contributed by atoms with van der Waals surface area (Å²) in [5.41, 5.74) is 3.40. The normalized spacial score (nSPS) is 17.2. The molecule has 6 heteroatoms. The number of hydrogen-bond acceptors (Lipinski definition) is 5. The number of benzene rings is 2. The maximum Gasteiger partial charge on any atom is 0.245 e. The van der Waals surface area contributed by atoms with E-state index in [0.29, 0.717) is 0 Å². The zero-order valence-corrected chi connectivity index (χ0v) is 14.6. The third-order valence-electron chi connectivity index (χ3n) is 3.71. The number of ether oxygens (including phenoxy) is 1. The molecule has 3 rings (SSSR count). The fraction of sp³-hybridized carbons (Fsp3) is 0.294. The molecule has 1 aliphatic rings. The van der Waals surface area contributed by atoms with E-state index in [1.54, 1.807) is 7.11 Å². The molecule has 0 amide bonds. The summed E-state index contributed by atoms with van der Waals surface area (Å²) in [5, 5.41) is 3.50. The average Bonchev–Trinajstić information content (AvgIpc) is 3.03. The van der Waals surface area contributed by atoms with Gasteiger partial charge in [0.25, 0.3) is 0 Å². The van der Waals surface area contributed by atoms with E-state index in [-0.39, 0.29) is 0 Å². The number of rotatable bonds is 5. The van der Waals surface area contributed by atoms with E-state index < -0.39 is 8.45 Å². The first-order valence-corrected chi connectivity index (χ1v) is 8.77. The molecule has 0 spiro atoms. The summed E-state index contributed by atoms with van der Waals surface area (Å²) in [5.74, 6) is 0.866. The lowest BCUT2D eigenvalue weighted by molar-refractivity contribution is 0.400. The van der Waals surface area contributed by atoms with Gasteiger partial charge < -0.3 is 23.9 Å². The summed E-state index contributed by atoms with van der Waals surface area (Å²) in [4.78, 5) is 2.09. The Hall–Kier alpha value is -1.97. The molecule has 2 aromatic rings. The fourth-order valence-corrected chi connectivity index (χ4v) is 3.96. The summed E-state index contributed by atoms with van der Waals surface area (Å²) in [6.45, 7) is 1.63. The fourth-order valence-electron chi connectivity index (χ4n) is 2.40. The first kappa shape index (κ1) is 15.9. The SMILES string of the molecule is COc1ccc(N2CCOP2Nc2ccc(N(C)C)cc2)cc1.